The van der Waals surface area contributed by atoms with E-state index < -0.39 is 165 Å². The Balaban J connectivity index is 0.970. The van der Waals surface area contributed by atoms with Crippen LogP contribution in [0.25, 0.3) is 0 Å². The van der Waals surface area contributed by atoms with Crippen molar-refractivity contribution in [1.29, 1.82) is 0 Å². The molecule has 29 unspecified atom stereocenters. The van der Waals surface area contributed by atoms with Gasteiger partial charge in [-0.1, -0.05) is 60.1 Å². The maximum atomic E-state index is 13.3. The molecule has 0 aromatic rings. The summed E-state index contributed by atoms with van der Waals surface area (Å²) in [6.45, 7) is 15.7. The van der Waals surface area contributed by atoms with Crippen LogP contribution in [0.2, 0.25) is 0 Å². The van der Waals surface area contributed by atoms with Gasteiger partial charge in [0.1, 0.15) is 85.5 Å². The van der Waals surface area contributed by atoms with Crippen molar-refractivity contribution in [2.75, 3.05) is 19.8 Å². The number of carboxylic acids is 1. The van der Waals surface area contributed by atoms with Crippen molar-refractivity contribution >= 4 is 5.97 Å². The molecule has 23 nitrogen and oxygen atoms in total. The molecule has 0 aromatic heterocycles. The third-order valence-electron chi connectivity index (χ3n) is 21.5. The third-order valence-corrected chi connectivity index (χ3v) is 21.5. The van der Waals surface area contributed by atoms with E-state index >= 15 is 0 Å². The van der Waals surface area contributed by atoms with Crippen LogP contribution in [0.4, 0.5) is 0 Å². The Morgan fingerprint density at radius 1 is 0.610 bits per heavy atom. The first-order valence-electron chi connectivity index (χ1n) is 27.8. The Kier molecular flexibility index (Phi) is 16.8. The van der Waals surface area contributed by atoms with Crippen LogP contribution < -0.4 is 0 Å². The number of rotatable bonds is 12. The molecule has 0 spiro atoms. The van der Waals surface area contributed by atoms with Gasteiger partial charge in [0, 0.05) is 5.41 Å². The SMILES string of the molecule is CC1OC(OC2C(OC3CCC4(C)C(CCC5(C)C4CC=C4C6CC(C)(C)CCC6(CO)C(O)CC45C)C3(C)C)OC(C(=O)O)C(OC3OC(COC4OC(CO)C(O)C(O)C4O)C(O)C(O)C3O)C2O)C(O)C(O)C1O. The lowest BCUT2D eigenvalue weighted by Crippen LogP contribution is -2.69. The minimum Gasteiger partial charge on any atom is -0.479 e. The predicted molar refractivity (Wildman–Crippen MR) is 263 cm³/mol. The summed E-state index contributed by atoms with van der Waals surface area (Å²) in [7, 11) is 0. The Morgan fingerprint density at radius 2 is 1.21 bits per heavy atom. The molecule has 0 amide bonds. The highest BCUT2D eigenvalue weighted by molar-refractivity contribution is 5.73. The summed E-state index contributed by atoms with van der Waals surface area (Å²) in [4.78, 5) is 13.3. The fraction of sp³-hybridized carbons (Fsp3) is 0.944. The number of aliphatic carboxylic acids is 1. The molecule has 14 N–H and O–H groups in total. The van der Waals surface area contributed by atoms with Crippen molar-refractivity contribution in [3.8, 4) is 0 Å². The van der Waals surface area contributed by atoms with Crippen LogP contribution >= 0.6 is 0 Å². The van der Waals surface area contributed by atoms with Crippen LogP contribution in [0.15, 0.2) is 11.6 Å². The molecule has 9 aliphatic rings. The minimum absolute atomic E-state index is 0.0357. The topological polar surface area (TPSA) is 374 Å². The fourth-order valence-corrected chi connectivity index (χ4v) is 16.5. The van der Waals surface area contributed by atoms with Crippen molar-refractivity contribution in [3.63, 3.8) is 0 Å². The highest BCUT2D eigenvalue weighted by atomic mass is 16.8. The molecule has 8 fully saturated rings. The van der Waals surface area contributed by atoms with Crippen LogP contribution in [0.1, 0.15) is 113 Å². The van der Waals surface area contributed by atoms with Gasteiger partial charge in [0.2, 0.25) is 0 Å². The molecular formula is C54H88O23. The summed E-state index contributed by atoms with van der Waals surface area (Å²) in [5, 5.41) is 153. The van der Waals surface area contributed by atoms with Crippen LogP contribution in [0, 0.1) is 50.2 Å². The molecule has 4 heterocycles. The number of aliphatic hydroxyl groups excluding tert-OH is 13. The van der Waals surface area contributed by atoms with Crippen molar-refractivity contribution in [1.82, 2.24) is 0 Å². The maximum absolute atomic E-state index is 13.3. The van der Waals surface area contributed by atoms with Crippen molar-refractivity contribution in [2.45, 2.75) is 248 Å². The number of hydrogen-bond acceptors (Lipinski definition) is 22. The number of allylic oxidation sites excluding steroid dienone is 2. The standard InChI is InChI=1S/C54H88O23/c1-22-31(58)34(61)38(65)46(71-22)76-42-40(67)41(75-47-39(66)36(63)33(60)26(73-47)20-70-45-37(64)35(62)32(59)25(19-55)72-45)43(44(68)69)77-48(42)74-30-12-13-51(6)27(50(30,4)5)11-14-52(7)28(51)10-9-23-24-17-49(2,3)15-16-54(24,21-56)29(57)18-53(23,52)8/h9,22,24-43,45-48,55-67H,10-21H2,1-8H3,(H,68,69). The highest BCUT2D eigenvalue weighted by Crippen LogP contribution is 2.76. The smallest absolute Gasteiger partial charge is 0.335 e. The number of carbonyl (C=O) groups is 1. The van der Waals surface area contributed by atoms with Gasteiger partial charge in [-0.15, -0.1) is 0 Å². The molecular weight excluding hydrogens is 1020 g/mol. The molecule has 23 heteroatoms. The summed E-state index contributed by atoms with van der Waals surface area (Å²) in [6.07, 6.45) is -28.2. The number of carboxylic acid groups (broad SMARTS) is 1. The molecule has 4 saturated carbocycles. The van der Waals surface area contributed by atoms with Gasteiger partial charge in [0.05, 0.1) is 38.1 Å². The zero-order valence-corrected chi connectivity index (χ0v) is 45.4. The van der Waals surface area contributed by atoms with Crippen LogP contribution in [-0.2, 0) is 42.7 Å². The molecule has 77 heavy (non-hydrogen) atoms. The van der Waals surface area contributed by atoms with Gasteiger partial charge in [0.25, 0.3) is 0 Å². The maximum Gasteiger partial charge on any atom is 0.335 e. The average Bonchev–Trinajstić information content (AvgIpc) is 3.45. The Morgan fingerprint density at radius 3 is 1.84 bits per heavy atom. The van der Waals surface area contributed by atoms with E-state index in [1.54, 1.807) is 0 Å². The van der Waals surface area contributed by atoms with Gasteiger partial charge in [-0.05, 0) is 110 Å². The summed E-state index contributed by atoms with van der Waals surface area (Å²) in [6, 6.07) is 0. The summed E-state index contributed by atoms with van der Waals surface area (Å²) in [5.74, 6) is -1.39. The fourth-order valence-electron chi connectivity index (χ4n) is 16.5. The number of fused-ring (bicyclic) bond motifs is 7. The van der Waals surface area contributed by atoms with Gasteiger partial charge in [-0.3, -0.25) is 0 Å². The summed E-state index contributed by atoms with van der Waals surface area (Å²) < 4.78 is 47.8. The van der Waals surface area contributed by atoms with E-state index in [-0.39, 0.29) is 46.0 Å². The van der Waals surface area contributed by atoms with Crippen LogP contribution in [-0.4, -0.2) is 232 Å². The summed E-state index contributed by atoms with van der Waals surface area (Å²) >= 11 is 0. The largest absolute Gasteiger partial charge is 0.479 e. The zero-order valence-electron chi connectivity index (χ0n) is 45.4. The molecule has 442 valence electrons. The number of aliphatic hydroxyl groups is 13. The second kappa shape index (κ2) is 21.5. The number of ether oxygens (including phenoxy) is 8. The first kappa shape index (κ1) is 60.0. The Bertz CT molecular complexity index is 2130. The lowest BCUT2D eigenvalue weighted by atomic mass is 9.33. The molecule has 0 bridgehead atoms. The normalized spacial score (nSPS) is 54.5. The van der Waals surface area contributed by atoms with E-state index in [2.05, 4.69) is 54.5 Å². The molecule has 0 radical (unpaired) electrons. The van der Waals surface area contributed by atoms with Crippen LogP contribution in [0.3, 0.4) is 0 Å². The lowest BCUT2D eigenvalue weighted by Gasteiger charge is -2.72. The minimum atomic E-state index is -2.11. The van der Waals surface area contributed by atoms with Gasteiger partial charge >= 0.3 is 5.97 Å². The van der Waals surface area contributed by atoms with E-state index in [9.17, 15) is 76.3 Å². The first-order valence-corrected chi connectivity index (χ1v) is 27.8. The van der Waals surface area contributed by atoms with E-state index in [0.29, 0.717) is 19.3 Å². The van der Waals surface area contributed by atoms with Gasteiger partial charge in [-0.2, -0.15) is 0 Å². The van der Waals surface area contributed by atoms with Crippen LogP contribution in [0.5, 0.6) is 0 Å². The lowest BCUT2D eigenvalue weighted by molar-refractivity contribution is -0.391. The van der Waals surface area contributed by atoms with Crippen molar-refractivity contribution in [2.24, 2.45) is 50.2 Å². The van der Waals surface area contributed by atoms with Gasteiger partial charge in [-0.25, -0.2) is 4.79 Å². The van der Waals surface area contributed by atoms with E-state index in [4.69, 9.17) is 37.9 Å². The van der Waals surface area contributed by atoms with E-state index in [1.807, 2.05) is 0 Å². The van der Waals surface area contributed by atoms with E-state index in [0.717, 1.165) is 38.5 Å². The molecule has 0 aromatic carbocycles. The molecule has 4 aliphatic heterocycles. The summed E-state index contributed by atoms with van der Waals surface area (Å²) in [5.41, 5.74) is -0.601. The first-order chi connectivity index (χ1) is 35.9. The highest BCUT2D eigenvalue weighted by Gasteiger charge is 2.70. The second-order valence-corrected chi connectivity index (χ2v) is 26.5. The quantitative estimate of drug-likeness (QED) is 0.0783. The van der Waals surface area contributed by atoms with Gasteiger partial charge in [0.15, 0.2) is 31.3 Å². The Labute approximate surface area is 449 Å². The molecule has 29 atom stereocenters. The third kappa shape index (κ3) is 9.80. The van der Waals surface area contributed by atoms with E-state index in [1.165, 1.54) is 12.5 Å². The second-order valence-electron chi connectivity index (χ2n) is 26.5. The monoisotopic (exact) mass is 1100 g/mol. The molecule has 5 aliphatic carbocycles. The predicted octanol–water partition coefficient (Wildman–Crippen LogP) is -1.47. The average molecular weight is 1110 g/mol. The molecule has 4 saturated heterocycles. The van der Waals surface area contributed by atoms with Crippen molar-refractivity contribution in [3.05, 3.63) is 11.6 Å². The molecule has 9 rings (SSSR count). The van der Waals surface area contributed by atoms with Crippen molar-refractivity contribution < 1.29 is 114 Å². The zero-order chi connectivity index (χ0) is 56.4. The van der Waals surface area contributed by atoms with Gasteiger partial charge < -0.3 is 109 Å². The number of hydrogen-bond donors (Lipinski definition) is 14. The Hall–Kier alpha value is -1.63.